The maximum atomic E-state index is 13.3. The van der Waals surface area contributed by atoms with Crippen LogP contribution in [0.1, 0.15) is 19.3 Å². The van der Waals surface area contributed by atoms with E-state index in [2.05, 4.69) is 0 Å². The van der Waals surface area contributed by atoms with Gasteiger partial charge in [0.25, 0.3) is 0 Å². The van der Waals surface area contributed by atoms with Crippen LogP contribution < -0.4 is 0 Å². The Labute approximate surface area is 69.8 Å². The Morgan fingerprint density at radius 3 is 2.67 bits per heavy atom. The van der Waals surface area contributed by atoms with Crippen molar-refractivity contribution < 1.29 is 19.0 Å². The van der Waals surface area contributed by atoms with E-state index in [0.29, 0.717) is 32.5 Å². The van der Waals surface area contributed by atoms with Crippen LogP contribution in [0.4, 0.5) is 4.39 Å². The van der Waals surface area contributed by atoms with Gasteiger partial charge in [0.1, 0.15) is 5.76 Å². The van der Waals surface area contributed by atoms with Crippen LogP contribution in [-0.2, 0) is 9.47 Å². The van der Waals surface area contributed by atoms with Crippen molar-refractivity contribution in [1.29, 1.82) is 0 Å². The van der Waals surface area contributed by atoms with Crippen molar-refractivity contribution in [2.75, 3.05) is 13.2 Å². The van der Waals surface area contributed by atoms with Crippen molar-refractivity contribution in [2.45, 2.75) is 25.0 Å². The molecule has 0 atom stereocenters. The minimum Gasteiger partial charge on any atom is -0.509 e. The number of ether oxygens (including phenoxy) is 2. The minimum atomic E-state index is -1.23. The van der Waals surface area contributed by atoms with Crippen LogP contribution in [-0.4, -0.2) is 24.1 Å². The summed E-state index contributed by atoms with van der Waals surface area (Å²) in [5, 5.41) is 9.15. The van der Waals surface area contributed by atoms with E-state index in [1.165, 1.54) is 0 Å². The summed E-state index contributed by atoms with van der Waals surface area (Å²) in [6, 6.07) is 0. The van der Waals surface area contributed by atoms with Gasteiger partial charge in [-0.25, -0.2) is 4.39 Å². The Balaban J connectivity index is 2.29. The fourth-order valence-corrected chi connectivity index (χ4v) is 1.65. The third-order valence-electron chi connectivity index (χ3n) is 2.26. The molecule has 0 aromatic carbocycles. The van der Waals surface area contributed by atoms with Crippen molar-refractivity contribution in [3.05, 3.63) is 11.6 Å². The Bertz CT molecular complexity index is 218. The lowest BCUT2D eigenvalue weighted by Crippen LogP contribution is -2.34. The summed E-state index contributed by atoms with van der Waals surface area (Å²) in [6.07, 6.45) is 1.60. The molecule has 0 unspecified atom stereocenters. The highest BCUT2D eigenvalue weighted by molar-refractivity contribution is 5.14. The summed E-state index contributed by atoms with van der Waals surface area (Å²) < 4.78 is 23.6. The molecule has 0 amide bonds. The number of halogens is 1. The van der Waals surface area contributed by atoms with Gasteiger partial charge in [-0.05, 0) is 6.42 Å². The molecule has 1 aliphatic heterocycles. The summed E-state index contributed by atoms with van der Waals surface area (Å²) >= 11 is 0. The third-order valence-corrected chi connectivity index (χ3v) is 2.26. The molecular formula is C8H11FO3. The smallest absolute Gasteiger partial charge is 0.225 e. The molecule has 2 rings (SSSR count). The van der Waals surface area contributed by atoms with Crippen LogP contribution in [0.2, 0.25) is 0 Å². The second-order valence-corrected chi connectivity index (χ2v) is 3.06. The summed E-state index contributed by atoms with van der Waals surface area (Å²) in [4.78, 5) is 0. The lowest BCUT2D eigenvalue weighted by atomic mass is 9.99. The molecule has 0 aromatic rings. The van der Waals surface area contributed by atoms with Crippen molar-refractivity contribution in [3.8, 4) is 0 Å². The van der Waals surface area contributed by atoms with Crippen LogP contribution in [0.5, 0.6) is 0 Å². The van der Waals surface area contributed by atoms with Gasteiger partial charge in [0.05, 0.1) is 13.2 Å². The number of rotatable bonds is 0. The second kappa shape index (κ2) is 2.71. The zero-order valence-electron chi connectivity index (χ0n) is 6.68. The number of aliphatic hydroxyl groups excluding tert-OH is 1. The van der Waals surface area contributed by atoms with Crippen molar-refractivity contribution in [1.82, 2.24) is 0 Å². The maximum Gasteiger partial charge on any atom is 0.225 e. The van der Waals surface area contributed by atoms with Crippen molar-refractivity contribution in [3.63, 3.8) is 0 Å². The van der Waals surface area contributed by atoms with Crippen LogP contribution >= 0.6 is 0 Å². The molecule has 4 heteroatoms. The average Bonchev–Trinajstić information content (AvgIpc) is 2.50. The van der Waals surface area contributed by atoms with Crippen LogP contribution in [0.15, 0.2) is 11.6 Å². The Morgan fingerprint density at radius 1 is 1.33 bits per heavy atom. The third kappa shape index (κ3) is 1.03. The predicted molar refractivity (Wildman–Crippen MR) is 39.2 cm³/mol. The summed E-state index contributed by atoms with van der Waals surface area (Å²) in [5.74, 6) is -2.09. The molecule has 0 bridgehead atoms. The lowest BCUT2D eigenvalue weighted by Gasteiger charge is -2.29. The first kappa shape index (κ1) is 8.01. The van der Waals surface area contributed by atoms with E-state index in [-0.39, 0.29) is 5.76 Å². The molecular weight excluding hydrogens is 163 g/mol. The van der Waals surface area contributed by atoms with E-state index in [1.807, 2.05) is 0 Å². The highest BCUT2D eigenvalue weighted by Gasteiger charge is 2.45. The molecule has 0 radical (unpaired) electrons. The molecule has 1 heterocycles. The Hall–Kier alpha value is -0.610. The van der Waals surface area contributed by atoms with Crippen molar-refractivity contribution >= 4 is 0 Å². The zero-order chi connectivity index (χ0) is 8.60. The van der Waals surface area contributed by atoms with Gasteiger partial charge >= 0.3 is 0 Å². The van der Waals surface area contributed by atoms with E-state index >= 15 is 0 Å². The number of hydrogen-bond acceptors (Lipinski definition) is 3. The van der Waals surface area contributed by atoms with E-state index in [4.69, 9.17) is 14.6 Å². The van der Waals surface area contributed by atoms with Crippen LogP contribution in [0.25, 0.3) is 0 Å². The fraction of sp³-hybridized carbons (Fsp3) is 0.750. The molecule has 68 valence electrons. The first-order valence-electron chi connectivity index (χ1n) is 4.11. The monoisotopic (exact) mass is 174 g/mol. The van der Waals surface area contributed by atoms with Gasteiger partial charge in [-0.1, -0.05) is 0 Å². The molecule has 12 heavy (non-hydrogen) atoms. The first-order chi connectivity index (χ1) is 5.75. The largest absolute Gasteiger partial charge is 0.509 e. The van der Waals surface area contributed by atoms with E-state index in [1.54, 1.807) is 0 Å². The van der Waals surface area contributed by atoms with Gasteiger partial charge < -0.3 is 14.6 Å². The van der Waals surface area contributed by atoms with Gasteiger partial charge in [-0.3, -0.25) is 0 Å². The average molecular weight is 174 g/mol. The highest BCUT2D eigenvalue weighted by atomic mass is 19.1. The standard InChI is InChI=1S/C8H11FO3/c9-7-6(10)2-1-3-8(7)11-4-5-12-8/h10H,1-5H2. The summed E-state index contributed by atoms with van der Waals surface area (Å²) in [7, 11) is 0. The quantitative estimate of drug-likeness (QED) is 0.606. The molecule has 1 aliphatic carbocycles. The number of aliphatic hydroxyl groups is 1. The summed E-state index contributed by atoms with van der Waals surface area (Å²) in [6.45, 7) is 0.807. The lowest BCUT2D eigenvalue weighted by molar-refractivity contribution is -0.153. The fourth-order valence-electron chi connectivity index (χ4n) is 1.65. The maximum absolute atomic E-state index is 13.3. The van der Waals surface area contributed by atoms with Gasteiger partial charge in [-0.15, -0.1) is 0 Å². The number of hydrogen-bond donors (Lipinski definition) is 1. The normalized spacial score (nSPS) is 28.4. The zero-order valence-corrected chi connectivity index (χ0v) is 6.68. The van der Waals surface area contributed by atoms with Gasteiger partial charge in [0.2, 0.25) is 5.79 Å². The molecule has 2 aliphatic rings. The minimum absolute atomic E-state index is 0.219. The van der Waals surface area contributed by atoms with Crippen molar-refractivity contribution in [2.24, 2.45) is 0 Å². The SMILES string of the molecule is OC1=C(F)C2(CCC1)OCCO2. The second-order valence-electron chi connectivity index (χ2n) is 3.06. The molecule has 3 nitrogen and oxygen atoms in total. The molecule has 0 aromatic heterocycles. The van der Waals surface area contributed by atoms with Crippen LogP contribution in [0.3, 0.4) is 0 Å². The number of allylic oxidation sites excluding steroid dienone is 1. The molecule has 0 saturated carbocycles. The van der Waals surface area contributed by atoms with Gasteiger partial charge in [0, 0.05) is 12.8 Å². The Kier molecular flexibility index (Phi) is 1.81. The van der Waals surface area contributed by atoms with E-state index in [0.717, 1.165) is 0 Å². The molecule has 1 spiro atoms. The molecule has 1 fully saturated rings. The highest BCUT2D eigenvalue weighted by Crippen LogP contribution is 2.39. The van der Waals surface area contributed by atoms with E-state index in [9.17, 15) is 4.39 Å². The summed E-state index contributed by atoms with van der Waals surface area (Å²) in [5.41, 5.74) is 0. The van der Waals surface area contributed by atoms with Gasteiger partial charge in [0.15, 0.2) is 5.83 Å². The molecule has 1 N–H and O–H groups in total. The topological polar surface area (TPSA) is 38.7 Å². The van der Waals surface area contributed by atoms with Crippen LogP contribution in [0, 0.1) is 0 Å². The van der Waals surface area contributed by atoms with Gasteiger partial charge in [-0.2, -0.15) is 0 Å². The Morgan fingerprint density at radius 2 is 2.00 bits per heavy atom. The molecule has 1 saturated heterocycles. The first-order valence-corrected chi connectivity index (χ1v) is 4.11. The predicted octanol–water partition coefficient (Wildman–Crippen LogP) is 1.65. The van der Waals surface area contributed by atoms with E-state index < -0.39 is 11.6 Å².